The van der Waals surface area contributed by atoms with Crippen molar-refractivity contribution in [3.05, 3.63) is 29.8 Å². The molecule has 0 aliphatic heterocycles. The normalized spacial score (nSPS) is 25.4. The summed E-state index contributed by atoms with van der Waals surface area (Å²) in [7, 11) is 0. The lowest BCUT2D eigenvalue weighted by Crippen LogP contribution is -2.00. The quantitative estimate of drug-likeness (QED) is 0.785. The van der Waals surface area contributed by atoms with Gasteiger partial charge in [0.1, 0.15) is 0 Å². The summed E-state index contributed by atoms with van der Waals surface area (Å²) in [5.74, 6) is -1.97. The maximum Gasteiger partial charge on any atom is 0.288 e. The van der Waals surface area contributed by atoms with Crippen molar-refractivity contribution in [1.82, 2.24) is 0 Å². The van der Waals surface area contributed by atoms with Crippen LogP contribution in [0.25, 0.3) is 0 Å². The third kappa shape index (κ3) is 2.25. The summed E-state index contributed by atoms with van der Waals surface area (Å²) in [6, 6.07) is 7.50. The van der Waals surface area contributed by atoms with E-state index < -0.39 is 5.76 Å². The van der Waals surface area contributed by atoms with Gasteiger partial charge in [-0.25, -0.2) is 0 Å². The molecule has 1 aromatic carbocycles. The van der Waals surface area contributed by atoms with Crippen LogP contribution in [0.1, 0.15) is 17.9 Å². The monoisotopic (exact) mass is 215 g/mol. The standard InChI is InChI=1S/C10H11F2NS/c11-10(12)14-7-3-1-2-6(4-7)8-5-9(8)13/h1-4,8-10H,5,13H2. The smallest absolute Gasteiger partial charge is 0.288 e. The molecule has 1 aliphatic rings. The minimum atomic E-state index is -2.35. The first kappa shape index (κ1) is 9.93. The molecule has 1 aliphatic carbocycles. The van der Waals surface area contributed by atoms with Gasteiger partial charge in [-0.05, 0) is 24.1 Å². The first-order chi connectivity index (χ1) is 6.66. The highest BCUT2D eigenvalue weighted by atomic mass is 32.2. The van der Waals surface area contributed by atoms with Gasteiger partial charge in [0.15, 0.2) is 0 Å². The lowest BCUT2D eigenvalue weighted by Gasteiger charge is -2.03. The van der Waals surface area contributed by atoms with Crippen LogP contribution >= 0.6 is 11.8 Å². The third-order valence-corrected chi connectivity index (χ3v) is 3.06. The van der Waals surface area contributed by atoms with E-state index in [1.165, 1.54) is 0 Å². The lowest BCUT2D eigenvalue weighted by atomic mass is 10.1. The van der Waals surface area contributed by atoms with Crippen molar-refractivity contribution in [2.75, 3.05) is 0 Å². The highest BCUT2D eigenvalue weighted by Crippen LogP contribution is 2.40. The average Bonchev–Trinajstić information content (AvgIpc) is 2.82. The molecule has 76 valence electrons. The molecule has 2 atom stereocenters. The summed E-state index contributed by atoms with van der Waals surface area (Å²) in [6.07, 6.45) is 0.975. The number of hydrogen-bond donors (Lipinski definition) is 1. The second kappa shape index (κ2) is 3.87. The highest BCUT2D eigenvalue weighted by Gasteiger charge is 2.34. The van der Waals surface area contributed by atoms with Gasteiger partial charge in [-0.2, -0.15) is 8.78 Å². The number of hydrogen-bond acceptors (Lipinski definition) is 2. The number of rotatable bonds is 3. The predicted molar refractivity (Wildman–Crippen MR) is 53.6 cm³/mol. The molecule has 1 aromatic rings. The lowest BCUT2D eigenvalue weighted by molar-refractivity contribution is 0.252. The topological polar surface area (TPSA) is 26.0 Å². The Balaban J connectivity index is 2.11. The molecule has 4 heteroatoms. The van der Waals surface area contributed by atoms with Gasteiger partial charge in [-0.3, -0.25) is 0 Å². The van der Waals surface area contributed by atoms with E-state index in [2.05, 4.69) is 0 Å². The third-order valence-electron chi connectivity index (χ3n) is 2.35. The second-order valence-corrected chi connectivity index (χ2v) is 4.52. The maximum absolute atomic E-state index is 12.1. The van der Waals surface area contributed by atoms with Gasteiger partial charge < -0.3 is 5.73 Å². The number of thioether (sulfide) groups is 1. The Hall–Kier alpha value is -0.610. The molecule has 1 fully saturated rings. The molecular formula is C10H11F2NS. The molecule has 2 unspecified atom stereocenters. The summed E-state index contributed by atoms with van der Waals surface area (Å²) in [4.78, 5) is 0.622. The fourth-order valence-corrected chi connectivity index (χ4v) is 2.09. The van der Waals surface area contributed by atoms with E-state index in [1.54, 1.807) is 6.07 Å². The van der Waals surface area contributed by atoms with E-state index in [1.807, 2.05) is 18.2 Å². The van der Waals surface area contributed by atoms with Crippen LogP contribution in [-0.4, -0.2) is 11.8 Å². The van der Waals surface area contributed by atoms with Gasteiger partial charge in [0.25, 0.3) is 5.76 Å². The molecular weight excluding hydrogens is 204 g/mol. The molecule has 0 bridgehead atoms. The highest BCUT2D eigenvalue weighted by molar-refractivity contribution is 7.99. The van der Waals surface area contributed by atoms with E-state index in [0.29, 0.717) is 22.6 Å². The fourth-order valence-electron chi connectivity index (χ4n) is 1.52. The van der Waals surface area contributed by atoms with Crippen LogP contribution in [0.15, 0.2) is 29.2 Å². The second-order valence-electron chi connectivity index (χ2n) is 3.46. The van der Waals surface area contributed by atoms with Crippen LogP contribution in [-0.2, 0) is 0 Å². The van der Waals surface area contributed by atoms with Crippen LogP contribution in [0.3, 0.4) is 0 Å². The van der Waals surface area contributed by atoms with Crippen LogP contribution in [0, 0.1) is 0 Å². The van der Waals surface area contributed by atoms with Crippen LogP contribution in [0.4, 0.5) is 8.78 Å². The molecule has 0 saturated heterocycles. The molecule has 2 N–H and O–H groups in total. The van der Waals surface area contributed by atoms with Crippen molar-refractivity contribution >= 4 is 11.8 Å². The van der Waals surface area contributed by atoms with Crippen molar-refractivity contribution in [1.29, 1.82) is 0 Å². The summed E-state index contributed by atoms with van der Waals surface area (Å²) < 4.78 is 24.2. The molecule has 1 saturated carbocycles. The number of halogens is 2. The Labute approximate surface area is 85.7 Å². The number of alkyl halides is 2. The van der Waals surface area contributed by atoms with E-state index in [-0.39, 0.29) is 6.04 Å². The van der Waals surface area contributed by atoms with E-state index in [9.17, 15) is 8.78 Å². The largest absolute Gasteiger partial charge is 0.327 e. The van der Waals surface area contributed by atoms with Crippen LogP contribution < -0.4 is 5.73 Å². The zero-order chi connectivity index (χ0) is 10.1. The first-order valence-corrected chi connectivity index (χ1v) is 5.35. The zero-order valence-electron chi connectivity index (χ0n) is 7.49. The Morgan fingerprint density at radius 3 is 2.71 bits per heavy atom. The Morgan fingerprint density at radius 2 is 2.14 bits per heavy atom. The van der Waals surface area contributed by atoms with Gasteiger partial charge in [0.05, 0.1) is 0 Å². The Morgan fingerprint density at radius 1 is 1.43 bits per heavy atom. The molecule has 14 heavy (non-hydrogen) atoms. The van der Waals surface area contributed by atoms with Crippen LogP contribution in [0.5, 0.6) is 0 Å². The number of benzene rings is 1. The summed E-state index contributed by atoms with van der Waals surface area (Å²) in [5, 5.41) is 0. The predicted octanol–water partition coefficient (Wildman–Crippen LogP) is 2.82. The van der Waals surface area contributed by atoms with E-state index in [0.717, 1.165) is 12.0 Å². The Kier molecular flexibility index (Phi) is 2.74. The van der Waals surface area contributed by atoms with Crippen molar-refractivity contribution < 1.29 is 8.78 Å². The maximum atomic E-state index is 12.1. The molecule has 2 rings (SSSR count). The van der Waals surface area contributed by atoms with Gasteiger partial charge >= 0.3 is 0 Å². The molecule has 0 heterocycles. The minimum absolute atomic E-state index is 0.224. The number of nitrogens with two attached hydrogens (primary N) is 1. The van der Waals surface area contributed by atoms with Gasteiger partial charge in [0.2, 0.25) is 0 Å². The summed E-state index contributed by atoms with van der Waals surface area (Å²) >= 11 is 0.585. The fraction of sp³-hybridized carbons (Fsp3) is 0.400. The van der Waals surface area contributed by atoms with E-state index in [4.69, 9.17) is 5.73 Å². The van der Waals surface area contributed by atoms with Crippen molar-refractivity contribution in [2.45, 2.75) is 29.0 Å². The first-order valence-electron chi connectivity index (χ1n) is 4.47. The van der Waals surface area contributed by atoms with Gasteiger partial charge in [-0.15, -0.1) is 0 Å². The van der Waals surface area contributed by atoms with Crippen molar-refractivity contribution in [2.24, 2.45) is 5.73 Å². The molecule has 0 amide bonds. The minimum Gasteiger partial charge on any atom is -0.327 e. The molecule has 0 spiro atoms. The SMILES string of the molecule is NC1CC1c1cccc(SC(F)F)c1. The molecule has 0 aromatic heterocycles. The summed E-state index contributed by atoms with van der Waals surface area (Å²) in [6.45, 7) is 0. The molecule has 0 radical (unpaired) electrons. The van der Waals surface area contributed by atoms with Gasteiger partial charge in [-0.1, -0.05) is 23.9 Å². The van der Waals surface area contributed by atoms with Gasteiger partial charge in [0, 0.05) is 16.9 Å². The van der Waals surface area contributed by atoms with Crippen LogP contribution in [0.2, 0.25) is 0 Å². The van der Waals surface area contributed by atoms with E-state index >= 15 is 0 Å². The average molecular weight is 215 g/mol. The molecule has 1 nitrogen and oxygen atoms in total. The Bertz CT molecular complexity index is 330. The van der Waals surface area contributed by atoms with Crippen molar-refractivity contribution in [3.8, 4) is 0 Å². The zero-order valence-corrected chi connectivity index (χ0v) is 8.31. The van der Waals surface area contributed by atoms with Crippen molar-refractivity contribution in [3.63, 3.8) is 0 Å². The summed E-state index contributed by atoms with van der Waals surface area (Å²) in [5.41, 5.74) is 6.78.